The third-order valence-corrected chi connectivity index (χ3v) is 6.25. The second-order valence-electron chi connectivity index (χ2n) is 6.13. The van der Waals surface area contributed by atoms with Gasteiger partial charge in [0.15, 0.2) is 0 Å². The van der Waals surface area contributed by atoms with Crippen LogP contribution < -0.4 is 14.2 Å². The number of hydrogen-bond acceptors (Lipinski definition) is 4. The van der Waals surface area contributed by atoms with Crippen molar-refractivity contribution in [2.45, 2.75) is 16.3 Å². The van der Waals surface area contributed by atoms with Crippen molar-refractivity contribution in [3.05, 3.63) is 67.3 Å². The monoisotopic (exact) mass is 370 g/mol. The van der Waals surface area contributed by atoms with E-state index in [1.54, 1.807) is 42.5 Å². The molecule has 0 aliphatic carbocycles. The number of ether oxygens (including phenoxy) is 1. The van der Waals surface area contributed by atoms with Crippen LogP contribution in [-0.2, 0) is 16.4 Å². The van der Waals surface area contributed by atoms with Crippen LogP contribution in [0.5, 0.6) is 5.75 Å². The van der Waals surface area contributed by atoms with E-state index < -0.39 is 9.84 Å². The van der Waals surface area contributed by atoms with Crippen molar-refractivity contribution in [1.29, 1.82) is 0 Å². The lowest BCUT2D eigenvalue weighted by molar-refractivity contribution is -0.693. The molecule has 0 radical (unpaired) electrons. The van der Waals surface area contributed by atoms with E-state index in [9.17, 15) is 8.42 Å². The van der Waals surface area contributed by atoms with E-state index in [0.29, 0.717) is 12.4 Å². The van der Waals surface area contributed by atoms with Crippen LogP contribution >= 0.6 is 0 Å². The van der Waals surface area contributed by atoms with Gasteiger partial charge < -0.3 is 9.64 Å². The van der Waals surface area contributed by atoms with Gasteiger partial charge in [0.25, 0.3) is 0 Å². The number of benzene rings is 2. The van der Waals surface area contributed by atoms with Crippen LogP contribution in [0.3, 0.4) is 0 Å². The highest BCUT2D eigenvalue weighted by atomic mass is 32.2. The predicted molar refractivity (Wildman–Crippen MR) is 97.0 cm³/mol. The fraction of sp³-hybridized carbons (Fsp3) is 0.211. The lowest BCUT2D eigenvalue weighted by atomic mass is 10.2. The number of H-pyrrole nitrogens is 1. The predicted octanol–water partition coefficient (Wildman–Crippen LogP) is 2.03. The van der Waals surface area contributed by atoms with Crippen molar-refractivity contribution < 1.29 is 17.7 Å². The van der Waals surface area contributed by atoms with E-state index in [-0.39, 0.29) is 9.79 Å². The normalized spacial score (nSPS) is 13.9. The Hall–Kier alpha value is -2.80. The maximum Gasteiger partial charge on any atom is 0.241 e. The average Bonchev–Trinajstić information content (AvgIpc) is 3.20. The van der Waals surface area contributed by atoms with E-state index in [0.717, 1.165) is 25.3 Å². The first kappa shape index (κ1) is 16.7. The summed E-state index contributed by atoms with van der Waals surface area (Å²) in [7, 11) is -3.54. The number of aromatic amines is 1. The van der Waals surface area contributed by atoms with Gasteiger partial charge in [-0.15, -0.1) is 0 Å². The van der Waals surface area contributed by atoms with Crippen molar-refractivity contribution in [3.63, 3.8) is 0 Å². The summed E-state index contributed by atoms with van der Waals surface area (Å²) in [5, 5.41) is 0. The molecule has 7 heteroatoms. The van der Waals surface area contributed by atoms with Crippen molar-refractivity contribution in [1.82, 2.24) is 4.98 Å². The Morgan fingerprint density at radius 3 is 2.73 bits per heavy atom. The van der Waals surface area contributed by atoms with Gasteiger partial charge in [-0.25, -0.2) is 13.0 Å². The van der Waals surface area contributed by atoms with Crippen LogP contribution in [0.4, 0.5) is 5.69 Å². The van der Waals surface area contributed by atoms with Crippen molar-refractivity contribution in [2.24, 2.45) is 0 Å². The number of rotatable bonds is 5. The Morgan fingerprint density at radius 1 is 1.12 bits per heavy atom. The maximum atomic E-state index is 12.8. The number of nitrogens with one attached hydrogen (secondary N) is 1. The molecule has 134 valence electrons. The fourth-order valence-electron chi connectivity index (χ4n) is 3.09. The van der Waals surface area contributed by atoms with E-state index in [1.807, 2.05) is 24.8 Å². The molecule has 3 aromatic rings. The first-order valence-corrected chi connectivity index (χ1v) is 9.97. The minimum atomic E-state index is -3.54. The third kappa shape index (κ3) is 3.17. The van der Waals surface area contributed by atoms with Crippen LogP contribution in [0.25, 0.3) is 0 Å². The van der Waals surface area contributed by atoms with Gasteiger partial charge in [-0.1, -0.05) is 18.2 Å². The average molecular weight is 370 g/mol. The van der Waals surface area contributed by atoms with Crippen molar-refractivity contribution >= 4 is 15.5 Å². The van der Waals surface area contributed by atoms with Gasteiger partial charge in [0.2, 0.25) is 16.2 Å². The summed E-state index contributed by atoms with van der Waals surface area (Å²) in [5.41, 5.74) is 0.930. The molecule has 1 N–H and O–H groups in total. The van der Waals surface area contributed by atoms with Crippen LogP contribution in [0.1, 0.15) is 0 Å². The first-order chi connectivity index (χ1) is 12.6. The molecule has 2 heterocycles. The molecular weight excluding hydrogens is 350 g/mol. The van der Waals surface area contributed by atoms with Gasteiger partial charge in [0, 0.05) is 6.07 Å². The Kier molecular flexibility index (Phi) is 4.38. The summed E-state index contributed by atoms with van der Waals surface area (Å²) >= 11 is 0. The van der Waals surface area contributed by atoms with E-state index in [2.05, 4.69) is 14.5 Å². The van der Waals surface area contributed by atoms with E-state index in [4.69, 9.17) is 4.74 Å². The number of imidazole rings is 1. The van der Waals surface area contributed by atoms with E-state index in [1.165, 1.54) is 0 Å². The molecule has 0 spiro atoms. The summed E-state index contributed by atoms with van der Waals surface area (Å²) in [6, 6.07) is 13.6. The summed E-state index contributed by atoms with van der Waals surface area (Å²) in [4.78, 5) is 5.79. The number of sulfone groups is 1. The lowest BCUT2D eigenvalue weighted by Crippen LogP contribution is -2.42. The molecule has 0 bridgehead atoms. The minimum absolute atomic E-state index is 0.254. The third-order valence-electron chi connectivity index (χ3n) is 4.49. The van der Waals surface area contributed by atoms with Gasteiger partial charge in [-0.2, -0.15) is 0 Å². The molecule has 0 amide bonds. The Balaban J connectivity index is 1.60. The zero-order valence-electron chi connectivity index (χ0n) is 14.2. The Morgan fingerprint density at radius 2 is 1.96 bits per heavy atom. The maximum absolute atomic E-state index is 12.8. The summed E-state index contributed by atoms with van der Waals surface area (Å²) in [5.74, 6) is 0.618. The van der Waals surface area contributed by atoms with E-state index >= 15 is 0 Å². The first-order valence-electron chi connectivity index (χ1n) is 8.48. The smallest absolute Gasteiger partial charge is 0.241 e. The molecule has 0 fully saturated rings. The Bertz CT molecular complexity index is 986. The summed E-state index contributed by atoms with van der Waals surface area (Å²) < 4.78 is 33.4. The van der Waals surface area contributed by atoms with Gasteiger partial charge in [-0.3, -0.25) is 4.98 Å². The number of nitrogens with zero attached hydrogens (tertiary/aromatic N) is 2. The molecule has 0 atom stereocenters. The number of hydrogen-bond donors (Lipinski definition) is 1. The van der Waals surface area contributed by atoms with Crippen LogP contribution in [0.2, 0.25) is 0 Å². The molecule has 1 aliphatic heterocycles. The molecule has 1 aromatic heterocycles. The second kappa shape index (κ2) is 6.84. The molecule has 2 aromatic carbocycles. The largest absolute Gasteiger partial charge is 0.490 e. The van der Waals surface area contributed by atoms with Gasteiger partial charge in [0.1, 0.15) is 31.3 Å². The molecule has 0 saturated heterocycles. The van der Waals surface area contributed by atoms with Crippen LogP contribution in [-0.4, -0.2) is 33.1 Å². The summed E-state index contributed by atoms with van der Waals surface area (Å²) in [6.45, 7) is 2.99. The topological polar surface area (TPSA) is 66.3 Å². The highest BCUT2D eigenvalue weighted by Crippen LogP contribution is 2.35. The van der Waals surface area contributed by atoms with Crippen LogP contribution in [0.15, 0.2) is 77.0 Å². The molecule has 0 unspecified atom stereocenters. The molecular formula is C19H20N3O3S+. The number of anilines is 1. The highest BCUT2D eigenvalue weighted by molar-refractivity contribution is 7.91. The zero-order chi connectivity index (χ0) is 18.0. The highest BCUT2D eigenvalue weighted by Gasteiger charge is 2.23. The standard InChI is InChI=1S/C19H19N3O3S/c23-26(24,16-4-2-1-3-5-16)17-6-7-18-19(14-17)25-13-12-22(18)11-10-21-9-8-20-15-21/h1-9,14-15H,10-13H2/p+1. The second-order valence-corrected chi connectivity index (χ2v) is 8.08. The van der Waals surface area contributed by atoms with Crippen molar-refractivity contribution in [2.75, 3.05) is 24.6 Å². The van der Waals surface area contributed by atoms with Gasteiger partial charge >= 0.3 is 0 Å². The lowest BCUT2D eigenvalue weighted by Gasteiger charge is -2.31. The van der Waals surface area contributed by atoms with Crippen LogP contribution in [0, 0.1) is 0 Å². The van der Waals surface area contributed by atoms with Gasteiger partial charge in [0.05, 0.1) is 28.6 Å². The van der Waals surface area contributed by atoms with Crippen molar-refractivity contribution in [3.8, 4) is 5.75 Å². The molecule has 0 saturated carbocycles. The quantitative estimate of drug-likeness (QED) is 0.698. The number of fused-ring (bicyclic) bond motifs is 1. The minimum Gasteiger partial charge on any atom is -0.490 e. The fourth-order valence-corrected chi connectivity index (χ4v) is 4.39. The Labute approximate surface area is 152 Å². The molecule has 26 heavy (non-hydrogen) atoms. The molecule has 4 rings (SSSR count). The number of aromatic nitrogens is 2. The SMILES string of the molecule is O=S(=O)(c1ccccc1)c1ccc2c(c1)OCCN2CC[n+]1cc[nH]c1. The summed E-state index contributed by atoms with van der Waals surface area (Å²) in [6.07, 6.45) is 5.78. The molecule has 6 nitrogen and oxygen atoms in total. The molecule has 1 aliphatic rings. The van der Waals surface area contributed by atoms with Gasteiger partial charge in [-0.05, 0) is 24.3 Å². The zero-order valence-corrected chi connectivity index (χ0v) is 15.0.